The topological polar surface area (TPSA) is 62.0 Å². The van der Waals surface area contributed by atoms with Crippen LogP contribution in [0.15, 0.2) is 35.1 Å². The summed E-state index contributed by atoms with van der Waals surface area (Å²) in [6.45, 7) is 0.340. The number of aromatic amines is 1. The molecule has 2 aromatic rings. The number of hydrogen-bond donors (Lipinski definition) is 2. The number of para-hydroxylation sites is 1. The van der Waals surface area contributed by atoms with Gasteiger partial charge in [0.15, 0.2) is 0 Å². The summed E-state index contributed by atoms with van der Waals surface area (Å²) >= 11 is 5.47. The number of alkyl halides is 1. The third kappa shape index (κ3) is 2.47. The highest BCUT2D eigenvalue weighted by atomic mass is 35.5. The second kappa shape index (κ2) is 5.01. The van der Waals surface area contributed by atoms with Crippen molar-refractivity contribution in [2.45, 2.75) is 0 Å². The molecule has 2 rings (SSSR count). The van der Waals surface area contributed by atoms with Gasteiger partial charge in [0.25, 0.3) is 11.5 Å². The maximum atomic E-state index is 11.7. The van der Waals surface area contributed by atoms with Crippen LogP contribution in [0.25, 0.3) is 10.9 Å². The lowest BCUT2D eigenvalue weighted by Gasteiger charge is -2.03. The molecule has 0 bridgehead atoms. The summed E-state index contributed by atoms with van der Waals surface area (Å²) < 4.78 is 0. The second-order valence-corrected chi connectivity index (χ2v) is 3.92. The second-order valence-electron chi connectivity index (χ2n) is 3.54. The summed E-state index contributed by atoms with van der Waals surface area (Å²) in [6.07, 6.45) is 0. The Hall–Kier alpha value is -1.81. The van der Waals surface area contributed by atoms with E-state index in [0.29, 0.717) is 17.9 Å². The molecule has 1 aromatic heterocycles. The van der Waals surface area contributed by atoms with E-state index in [9.17, 15) is 9.59 Å². The Labute approximate surface area is 103 Å². The van der Waals surface area contributed by atoms with Crippen molar-refractivity contribution in [3.8, 4) is 0 Å². The predicted molar refractivity (Wildman–Crippen MR) is 67.6 cm³/mol. The van der Waals surface area contributed by atoms with Gasteiger partial charge >= 0.3 is 0 Å². The van der Waals surface area contributed by atoms with E-state index in [2.05, 4.69) is 10.3 Å². The molecule has 0 atom stereocenters. The van der Waals surface area contributed by atoms with E-state index in [-0.39, 0.29) is 5.56 Å². The van der Waals surface area contributed by atoms with Crippen LogP contribution < -0.4 is 10.9 Å². The standard InChI is InChI=1S/C12H11ClN2O2/c13-5-6-14-11(16)9-7-8-3-1-2-4-10(8)15-12(9)17/h1-4,7H,5-6H2,(H,14,16)(H,15,17). The normalized spacial score (nSPS) is 10.4. The molecule has 0 fully saturated rings. The van der Waals surface area contributed by atoms with E-state index < -0.39 is 11.5 Å². The average molecular weight is 251 g/mol. The van der Waals surface area contributed by atoms with E-state index >= 15 is 0 Å². The third-order valence-corrected chi connectivity index (χ3v) is 2.57. The number of carbonyl (C=O) groups is 1. The van der Waals surface area contributed by atoms with Crippen LogP contribution in [0.2, 0.25) is 0 Å². The van der Waals surface area contributed by atoms with Crippen LogP contribution in [0.5, 0.6) is 0 Å². The van der Waals surface area contributed by atoms with Crippen molar-refractivity contribution in [2.24, 2.45) is 0 Å². The monoisotopic (exact) mass is 250 g/mol. The van der Waals surface area contributed by atoms with E-state index in [1.807, 2.05) is 18.2 Å². The Balaban J connectivity index is 2.44. The zero-order chi connectivity index (χ0) is 12.3. The third-order valence-electron chi connectivity index (χ3n) is 2.38. The molecule has 0 radical (unpaired) electrons. The maximum Gasteiger partial charge on any atom is 0.261 e. The fourth-order valence-corrected chi connectivity index (χ4v) is 1.67. The van der Waals surface area contributed by atoms with Crippen molar-refractivity contribution >= 4 is 28.4 Å². The smallest absolute Gasteiger partial charge is 0.261 e. The summed E-state index contributed by atoms with van der Waals surface area (Å²) in [7, 11) is 0. The molecule has 1 amide bonds. The number of halogens is 1. The zero-order valence-electron chi connectivity index (χ0n) is 9.00. The Bertz CT molecular complexity index is 607. The van der Waals surface area contributed by atoms with Gasteiger partial charge in [-0.15, -0.1) is 11.6 Å². The molecule has 0 saturated carbocycles. The molecule has 0 aliphatic heterocycles. The summed E-state index contributed by atoms with van der Waals surface area (Å²) in [6, 6.07) is 8.88. The van der Waals surface area contributed by atoms with Crippen molar-refractivity contribution in [1.29, 1.82) is 0 Å². The molecule has 0 unspecified atom stereocenters. The van der Waals surface area contributed by atoms with Crippen LogP contribution in [-0.2, 0) is 0 Å². The lowest BCUT2D eigenvalue weighted by molar-refractivity contribution is 0.0954. The molecule has 0 aliphatic rings. The molecule has 17 heavy (non-hydrogen) atoms. The number of pyridine rings is 1. The molecular weight excluding hydrogens is 240 g/mol. The van der Waals surface area contributed by atoms with E-state index in [1.54, 1.807) is 12.1 Å². The van der Waals surface area contributed by atoms with Crippen molar-refractivity contribution in [2.75, 3.05) is 12.4 Å². The van der Waals surface area contributed by atoms with Crippen LogP contribution in [0.4, 0.5) is 0 Å². The molecule has 1 aromatic carbocycles. The van der Waals surface area contributed by atoms with Crippen molar-refractivity contribution < 1.29 is 4.79 Å². The first-order valence-electron chi connectivity index (χ1n) is 5.18. The minimum absolute atomic E-state index is 0.105. The summed E-state index contributed by atoms with van der Waals surface area (Å²) in [4.78, 5) is 26.0. The van der Waals surface area contributed by atoms with Gasteiger partial charge in [0.05, 0.1) is 0 Å². The van der Waals surface area contributed by atoms with Crippen LogP contribution >= 0.6 is 11.6 Å². The van der Waals surface area contributed by atoms with Crippen LogP contribution in [-0.4, -0.2) is 23.3 Å². The predicted octanol–water partition coefficient (Wildman–Crippen LogP) is 1.50. The molecule has 4 nitrogen and oxygen atoms in total. The van der Waals surface area contributed by atoms with Crippen LogP contribution in [0.1, 0.15) is 10.4 Å². The lowest BCUT2D eigenvalue weighted by atomic mass is 10.1. The molecule has 0 aliphatic carbocycles. The Morgan fingerprint density at radius 3 is 2.88 bits per heavy atom. The van der Waals surface area contributed by atoms with Gasteiger partial charge < -0.3 is 10.3 Å². The van der Waals surface area contributed by atoms with Crippen molar-refractivity contribution in [1.82, 2.24) is 10.3 Å². The molecule has 5 heteroatoms. The number of aromatic nitrogens is 1. The quantitative estimate of drug-likeness (QED) is 0.811. The molecule has 0 saturated heterocycles. The van der Waals surface area contributed by atoms with E-state index in [4.69, 9.17) is 11.6 Å². The van der Waals surface area contributed by atoms with Gasteiger partial charge in [0.2, 0.25) is 0 Å². The number of fused-ring (bicyclic) bond motifs is 1. The van der Waals surface area contributed by atoms with Gasteiger partial charge in [0.1, 0.15) is 5.56 Å². The van der Waals surface area contributed by atoms with Crippen LogP contribution in [0.3, 0.4) is 0 Å². The highest BCUT2D eigenvalue weighted by molar-refractivity contribution is 6.18. The van der Waals surface area contributed by atoms with Gasteiger partial charge in [-0.25, -0.2) is 0 Å². The molecule has 0 spiro atoms. The summed E-state index contributed by atoms with van der Waals surface area (Å²) in [5.41, 5.74) is 0.427. The minimum Gasteiger partial charge on any atom is -0.351 e. The first-order valence-corrected chi connectivity index (χ1v) is 5.72. The highest BCUT2D eigenvalue weighted by Gasteiger charge is 2.10. The first-order chi connectivity index (χ1) is 8.22. The van der Waals surface area contributed by atoms with Gasteiger partial charge in [0, 0.05) is 17.9 Å². The van der Waals surface area contributed by atoms with E-state index in [0.717, 1.165) is 5.39 Å². The Morgan fingerprint density at radius 1 is 1.35 bits per heavy atom. The zero-order valence-corrected chi connectivity index (χ0v) is 9.75. The van der Waals surface area contributed by atoms with Gasteiger partial charge in [-0.1, -0.05) is 18.2 Å². The number of hydrogen-bond acceptors (Lipinski definition) is 2. The van der Waals surface area contributed by atoms with Gasteiger partial charge in [-0.05, 0) is 17.5 Å². The highest BCUT2D eigenvalue weighted by Crippen LogP contribution is 2.09. The number of H-pyrrole nitrogens is 1. The SMILES string of the molecule is O=C(NCCCl)c1cc2ccccc2[nH]c1=O. The van der Waals surface area contributed by atoms with Gasteiger partial charge in [-0.3, -0.25) is 9.59 Å². The van der Waals surface area contributed by atoms with E-state index in [1.165, 1.54) is 0 Å². The maximum absolute atomic E-state index is 11.7. The number of nitrogens with one attached hydrogen (secondary N) is 2. The molecule has 1 heterocycles. The molecule has 2 N–H and O–H groups in total. The van der Waals surface area contributed by atoms with Gasteiger partial charge in [-0.2, -0.15) is 0 Å². The Morgan fingerprint density at radius 2 is 2.12 bits per heavy atom. The fourth-order valence-electron chi connectivity index (χ4n) is 1.57. The number of carbonyl (C=O) groups excluding carboxylic acids is 1. The number of amides is 1. The van der Waals surface area contributed by atoms with Crippen LogP contribution in [0, 0.1) is 0 Å². The number of benzene rings is 1. The Kier molecular flexibility index (Phi) is 3.44. The fraction of sp³-hybridized carbons (Fsp3) is 0.167. The summed E-state index contributed by atoms with van der Waals surface area (Å²) in [5, 5.41) is 3.39. The molecule has 88 valence electrons. The first kappa shape index (κ1) is 11.7. The van der Waals surface area contributed by atoms with Crippen molar-refractivity contribution in [3.63, 3.8) is 0 Å². The van der Waals surface area contributed by atoms with Crippen molar-refractivity contribution in [3.05, 3.63) is 46.2 Å². The number of rotatable bonds is 3. The minimum atomic E-state index is -0.405. The molecular formula is C12H11ClN2O2. The summed E-state index contributed by atoms with van der Waals surface area (Å²) in [5.74, 6) is -0.0883. The lowest BCUT2D eigenvalue weighted by Crippen LogP contribution is -2.30. The average Bonchev–Trinajstić information content (AvgIpc) is 2.35. The largest absolute Gasteiger partial charge is 0.351 e.